The number of rotatable bonds is 8. The maximum Gasteiger partial charge on any atom is 0.349 e. The summed E-state index contributed by atoms with van der Waals surface area (Å²) in [5, 5.41) is 15.3. The summed E-state index contributed by atoms with van der Waals surface area (Å²) in [4.78, 5) is 35.8. The molecular weight excluding hydrogens is 499 g/mol. The number of hydrogen-bond donors (Lipinski definition) is 3. The molecule has 0 atom stereocenters. The molecule has 36 heavy (non-hydrogen) atoms. The third-order valence-electron chi connectivity index (χ3n) is 4.99. The lowest BCUT2D eigenvalue weighted by molar-refractivity contribution is 0.0589. The predicted molar refractivity (Wildman–Crippen MR) is 125 cm³/mol. The van der Waals surface area contributed by atoms with Crippen molar-refractivity contribution in [2.75, 3.05) is 31.6 Å². The zero-order chi connectivity index (χ0) is 25.8. The van der Waals surface area contributed by atoms with Crippen molar-refractivity contribution in [2.24, 2.45) is 0 Å². The Hall–Kier alpha value is -4.52. The number of para-hydroxylation sites is 1. The second-order valence-electron chi connectivity index (χ2n) is 7.15. The molecule has 188 valence electrons. The highest BCUT2D eigenvalue weighted by atomic mass is 32.1. The second-order valence-corrected chi connectivity index (χ2v) is 8.03. The average molecular weight is 518 g/mol. The monoisotopic (exact) mass is 518 g/mol. The smallest absolute Gasteiger partial charge is 0.349 e. The molecule has 4 rings (SSSR count). The summed E-state index contributed by atoms with van der Waals surface area (Å²) in [6.45, 7) is 0.123. The number of methoxy groups -OCH3 is 2. The number of esters is 1. The lowest BCUT2D eigenvalue weighted by atomic mass is 10.2. The summed E-state index contributed by atoms with van der Waals surface area (Å²) in [6, 6.07) is 6.60. The molecule has 0 fully saturated rings. The van der Waals surface area contributed by atoms with Crippen LogP contribution in [0.5, 0.6) is 23.0 Å². The number of carbonyl (C=O) groups excluding carboxylic acids is 2. The van der Waals surface area contributed by atoms with Gasteiger partial charge in [0.2, 0.25) is 6.79 Å². The van der Waals surface area contributed by atoms with E-state index >= 15 is 0 Å². The lowest BCUT2D eigenvalue weighted by Gasteiger charge is -2.15. The van der Waals surface area contributed by atoms with Crippen LogP contribution >= 0.6 is 11.3 Å². The van der Waals surface area contributed by atoms with Crippen LogP contribution in [0.25, 0.3) is 0 Å². The van der Waals surface area contributed by atoms with Crippen LogP contribution in [0.15, 0.2) is 35.7 Å². The molecule has 1 aromatic heterocycles. The van der Waals surface area contributed by atoms with Crippen molar-refractivity contribution in [2.45, 2.75) is 6.61 Å². The Morgan fingerprint density at radius 3 is 2.61 bits per heavy atom. The topological polar surface area (TPSA) is 142 Å². The van der Waals surface area contributed by atoms with E-state index < -0.39 is 29.4 Å². The van der Waals surface area contributed by atoms with E-state index in [0.29, 0.717) is 17.1 Å². The van der Waals surface area contributed by atoms with Gasteiger partial charge in [-0.25, -0.2) is 18.8 Å². The summed E-state index contributed by atoms with van der Waals surface area (Å²) in [7, 11) is 2.44. The number of aromatic carboxylic acids is 1. The van der Waals surface area contributed by atoms with Gasteiger partial charge in [-0.05, 0) is 6.07 Å². The van der Waals surface area contributed by atoms with Gasteiger partial charge in [0.1, 0.15) is 17.0 Å². The first-order valence-corrected chi connectivity index (χ1v) is 11.1. The number of carbonyl (C=O) groups is 3. The van der Waals surface area contributed by atoms with E-state index in [1.807, 2.05) is 0 Å². The molecule has 0 saturated heterocycles. The van der Waals surface area contributed by atoms with Crippen molar-refractivity contribution in [3.63, 3.8) is 0 Å². The minimum Gasteiger partial charge on any atom is -0.493 e. The highest BCUT2D eigenvalue weighted by molar-refractivity contribution is 7.13. The van der Waals surface area contributed by atoms with Crippen molar-refractivity contribution in [3.8, 4) is 23.0 Å². The fourth-order valence-corrected chi connectivity index (χ4v) is 4.25. The number of nitrogens with one attached hydrogen (secondary N) is 2. The van der Waals surface area contributed by atoms with Crippen LogP contribution in [0.1, 0.15) is 25.6 Å². The molecule has 3 aromatic rings. The van der Waals surface area contributed by atoms with E-state index in [1.54, 1.807) is 18.2 Å². The Balaban J connectivity index is 1.52. The van der Waals surface area contributed by atoms with E-state index in [-0.39, 0.29) is 41.2 Å². The molecule has 1 aliphatic rings. The Kier molecular flexibility index (Phi) is 7.10. The quantitative estimate of drug-likeness (QED) is 0.371. The predicted octanol–water partition coefficient (Wildman–Crippen LogP) is 4.33. The maximum absolute atomic E-state index is 14.7. The summed E-state index contributed by atoms with van der Waals surface area (Å²) in [6.07, 6.45) is 0. The Bertz CT molecular complexity index is 1340. The van der Waals surface area contributed by atoms with Crippen molar-refractivity contribution < 1.29 is 47.6 Å². The normalized spacial score (nSPS) is 11.5. The number of benzene rings is 2. The highest BCUT2D eigenvalue weighted by Gasteiger charge is 2.25. The number of fused-ring (bicyclic) bond motifs is 1. The van der Waals surface area contributed by atoms with Gasteiger partial charge in [-0.2, -0.15) is 0 Å². The average Bonchev–Trinajstić information content (AvgIpc) is 3.51. The molecule has 13 heteroatoms. The lowest BCUT2D eigenvalue weighted by Crippen LogP contribution is -2.21. The third-order valence-corrected chi connectivity index (χ3v) is 5.95. The number of carboxylic acids is 1. The highest BCUT2D eigenvalue weighted by Crippen LogP contribution is 2.38. The van der Waals surface area contributed by atoms with Gasteiger partial charge >= 0.3 is 18.0 Å². The van der Waals surface area contributed by atoms with Gasteiger partial charge in [0, 0.05) is 23.1 Å². The summed E-state index contributed by atoms with van der Waals surface area (Å²) >= 11 is 0.781. The van der Waals surface area contributed by atoms with Crippen molar-refractivity contribution in [3.05, 3.63) is 57.5 Å². The van der Waals surface area contributed by atoms with Gasteiger partial charge in [0.25, 0.3) is 0 Å². The van der Waals surface area contributed by atoms with Crippen LogP contribution in [0.2, 0.25) is 0 Å². The first kappa shape index (κ1) is 24.6. The number of hydrogen-bond acceptors (Lipinski definition) is 9. The minimum atomic E-state index is -1.44. The molecule has 1 aliphatic heterocycles. The van der Waals surface area contributed by atoms with Crippen LogP contribution in [-0.2, 0) is 11.3 Å². The van der Waals surface area contributed by atoms with Crippen LogP contribution in [0.4, 0.5) is 20.6 Å². The zero-order valence-corrected chi connectivity index (χ0v) is 19.7. The van der Waals surface area contributed by atoms with Crippen molar-refractivity contribution in [1.82, 2.24) is 0 Å². The number of halogens is 1. The van der Waals surface area contributed by atoms with Crippen molar-refractivity contribution >= 4 is 40.7 Å². The molecule has 3 N–H and O–H groups in total. The summed E-state index contributed by atoms with van der Waals surface area (Å²) < 4.78 is 41.0. The largest absolute Gasteiger partial charge is 0.493 e. The minimum absolute atomic E-state index is 0.0351. The van der Waals surface area contributed by atoms with Gasteiger partial charge in [-0.15, -0.1) is 11.3 Å². The molecule has 2 aromatic carbocycles. The fourth-order valence-electron chi connectivity index (χ4n) is 3.34. The summed E-state index contributed by atoms with van der Waals surface area (Å²) in [5.74, 6) is -1.82. The SMILES string of the molecule is COC(=O)c1scc(NC(=O)Nc2cc(OCc3cccc4c3OCO4)c(OC)cc2F)c1C(=O)O. The molecule has 0 spiro atoms. The van der Waals surface area contributed by atoms with Crippen LogP contribution < -0.4 is 29.6 Å². The molecule has 2 amide bonds. The standard InChI is InChI=1S/C23H19FN2O9S/c1-31-16-6-12(24)13(7-17(16)33-8-11-4-3-5-15-19(11)35-10-34-15)25-23(30)26-14-9-36-20(22(29)32-2)18(14)21(27)28/h3-7,9H,8,10H2,1-2H3,(H,27,28)(H2,25,26,30). The first-order valence-electron chi connectivity index (χ1n) is 10.2. The fraction of sp³-hybridized carbons (Fsp3) is 0.174. The second kappa shape index (κ2) is 10.4. The molecular formula is C23H19FN2O9S. The molecule has 11 nitrogen and oxygen atoms in total. The first-order chi connectivity index (χ1) is 17.3. The van der Waals surface area contributed by atoms with E-state index in [2.05, 4.69) is 15.4 Å². The van der Waals surface area contributed by atoms with Gasteiger partial charge < -0.3 is 39.4 Å². The van der Waals surface area contributed by atoms with E-state index in [9.17, 15) is 23.9 Å². The number of urea groups is 1. The van der Waals surface area contributed by atoms with Gasteiger partial charge in [0.05, 0.1) is 25.6 Å². The molecule has 0 aliphatic carbocycles. The Morgan fingerprint density at radius 2 is 1.89 bits per heavy atom. The number of amides is 2. The van der Waals surface area contributed by atoms with E-state index in [1.165, 1.54) is 18.6 Å². The number of thiophene rings is 1. The zero-order valence-electron chi connectivity index (χ0n) is 18.9. The molecule has 0 saturated carbocycles. The molecule has 0 unspecified atom stereocenters. The van der Waals surface area contributed by atoms with Crippen LogP contribution in [-0.4, -0.2) is 44.1 Å². The van der Waals surface area contributed by atoms with Crippen LogP contribution in [0, 0.1) is 5.82 Å². The number of ether oxygens (including phenoxy) is 5. The number of anilines is 2. The Morgan fingerprint density at radius 1 is 1.11 bits per heavy atom. The van der Waals surface area contributed by atoms with Gasteiger partial charge in [-0.3, -0.25) is 0 Å². The molecule has 0 radical (unpaired) electrons. The van der Waals surface area contributed by atoms with E-state index in [0.717, 1.165) is 24.5 Å². The third kappa shape index (κ3) is 4.95. The van der Waals surface area contributed by atoms with Crippen LogP contribution in [0.3, 0.4) is 0 Å². The van der Waals surface area contributed by atoms with E-state index in [4.69, 9.17) is 18.9 Å². The number of carboxylic acid groups (broad SMARTS) is 1. The van der Waals surface area contributed by atoms with Crippen molar-refractivity contribution in [1.29, 1.82) is 0 Å². The maximum atomic E-state index is 14.7. The molecule has 0 bridgehead atoms. The summed E-state index contributed by atoms with van der Waals surface area (Å²) in [5.41, 5.74) is -0.177. The van der Waals surface area contributed by atoms with Gasteiger partial charge in [0.15, 0.2) is 28.8 Å². The molecule has 2 heterocycles. The Labute approximate surface area is 207 Å². The van der Waals surface area contributed by atoms with Gasteiger partial charge in [-0.1, -0.05) is 12.1 Å².